The van der Waals surface area contributed by atoms with Gasteiger partial charge in [-0.2, -0.15) is 5.10 Å². The molecule has 1 aromatic rings. The second kappa shape index (κ2) is 6.53. The van der Waals surface area contributed by atoms with Crippen LogP contribution in [0.4, 0.5) is 0 Å². The van der Waals surface area contributed by atoms with Crippen molar-refractivity contribution in [3.05, 3.63) is 17.5 Å². The normalized spacial score (nSPS) is 24.8. The lowest BCUT2D eigenvalue weighted by atomic mass is 9.88. The molecule has 1 aliphatic rings. The molecule has 3 N–H and O–H groups in total. The summed E-state index contributed by atoms with van der Waals surface area (Å²) in [7, 11) is 0. The van der Waals surface area contributed by atoms with Crippen molar-refractivity contribution in [1.82, 2.24) is 15.2 Å². The summed E-state index contributed by atoms with van der Waals surface area (Å²) in [5.41, 5.74) is 5.57. The number of hydrogen-bond donors (Lipinski definition) is 2. The lowest BCUT2D eigenvalue weighted by molar-refractivity contribution is 0.293. The molecule has 0 aliphatic heterocycles. The standard InChI is InChI=1S/C15H28N4/c1-4-12-9-13(19(5-2)18-12)10-15(17-16)14-8-6-7-11(14)3/h9,11,14-15,17H,4-8,10,16H2,1-3H3. The van der Waals surface area contributed by atoms with E-state index in [9.17, 15) is 0 Å². The van der Waals surface area contributed by atoms with E-state index in [1.54, 1.807) is 0 Å². The molecule has 1 aromatic heterocycles. The van der Waals surface area contributed by atoms with Crippen LogP contribution >= 0.6 is 0 Å². The molecule has 0 amide bonds. The minimum absolute atomic E-state index is 0.379. The molecule has 0 bridgehead atoms. The van der Waals surface area contributed by atoms with E-state index in [0.29, 0.717) is 12.0 Å². The van der Waals surface area contributed by atoms with Crippen LogP contribution in [-0.2, 0) is 19.4 Å². The van der Waals surface area contributed by atoms with Crippen LogP contribution in [0.1, 0.15) is 51.4 Å². The van der Waals surface area contributed by atoms with Gasteiger partial charge in [0.2, 0.25) is 0 Å². The average Bonchev–Trinajstić information content (AvgIpc) is 3.01. The van der Waals surface area contributed by atoms with Gasteiger partial charge in [-0.1, -0.05) is 26.7 Å². The van der Waals surface area contributed by atoms with Crippen molar-refractivity contribution in [3.8, 4) is 0 Å². The van der Waals surface area contributed by atoms with Gasteiger partial charge in [-0.05, 0) is 37.7 Å². The summed E-state index contributed by atoms with van der Waals surface area (Å²) in [6.45, 7) is 7.60. The number of hydrogen-bond acceptors (Lipinski definition) is 3. The number of aromatic nitrogens is 2. The Hall–Kier alpha value is -0.870. The van der Waals surface area contributed by atoms with Crippen molar-refractivity contribution in [1.29, 1.82) is 0 Å². The van der Waals surface area contributed by atoms with Crippen molar-refractivity contribution in [2.75, 3.05) is 0 Å². The highest BCUT2D eigenvalue weighted by Crippen LogP contribution is 2.34. The lowest BCUT2D eigenvalue weighted by Crippen LogP contribution is -2.43. The molecule has 0 aromatic carbocycles. The Kier molecular flexibility index (Phi) is 4.99. The number of nitrogens with two attached hydrogens (primary N) is 1. The van der Waals surface area contributed by atoms with Crippen LogP contribution in [0, 0.1) is 11.8 Å². The van der Waals surface area contributed by atoms with Crippen molar-refractivity contribution < 1.29 is 0 Å². The van der Waals surface area contributed by atoms with Crippen molar-refractivity contribution in [3.63, 3.8) is 0 Å². The van der Waals surface area contributed by atoms with Gasteiger partial charge in [-0.15, -0.1) is 0 Å². The Morgan fingerprint density at radius 1 is 1.47 bits per heavy atom. The third-order valence-electron chi connectivity index (χ3n) is 4.66. The van der Waals surface area contributed by atoms with Crippen molar-refractivity contribution in [2.45, 2.75) is 65.5 Å². The minimum Gasteiger partial charge on any atom is -0.271 e. The van der Waals surface area contributed by atoms with Gasteiger partial charge in [0.15, 0.2) is 0 Å². The molecule has 1 fully saturated rings. The SMILES string of the molecule is CCc1cc(CC(NN)C2CCCC2C)n(CC)n1. The molecule has 0 saturated heterocycles. The van der Waals surface area contributed by atoms with E-state index in [-0.39, 0.29) is 0 Å². The molecule has 1 saturated carbocycles. The molecule has 4 nitrogen and oxygen atoms in total. The van der Waals surface area contributed by atoms with E-state index >= 15 is 0 Å². The molecule has 108 valence electrons. The molecule has 3 unspecified atom stereocenters. The number of hydrazine groups is 1. The second-order valence-electron chi connectivity index (χ2n) is 5.85. The van der Waals surface area contributed by atoms with Gasteiger partial charge in [0.05, 0.1) is 5.69 Å². The van der Waals surface area contributed by atoms with Gasteiger partial charge >= 0.3 is 0 Å². The molecule has 1 heterocycles. The second-order valence-corrected chi connectivity index (χ2v) is 5.85. The van der Waals surface area contributed by atoms with Crippen LogP contribution in [0.5, 0.6) is 0 Å². The summed E-state index contributed by atoms with van der Waals surface area (Å²) in [5.74, 6) is 7.30. The maximum atomic E-state index is 5.81. The number of rotatable bonds is 6. The molecule has 0 spiro atoms. The van der Waals surface area contributed by atoms with Crippen LogP contribution in [0.15, 0.2) is 6.07 Å². The molecule has 4 heteroatoms. The van der Waals surface area contributed by atoms with E-state index < -0.39 is 0 Å². The van der Waals surface area contributed by atoms with Crippen molar-refractivity contribution >= 4 is 0 Å². The van der Waals surface area contributed by atoms with Crippen LogP contribution in [-0.4, -0.2) is 15.8 Å². The molecule has 3 atom stereocenters. The molecule has 2 rings (SSSR count). The Bertz CT molecular complexity index is 399. The molecular weight excluding hydrogens is 236 g/mol. The molecule has 0 radical (unpaired) electrons. The Morgan fingerprint density at radius 2 is 2.26 bits per heavy atom. The predicted molar refractivity (Wildman–Crippen MR) is 78.6 cm³/mol. The van der Waals surface area contributed by atoms with Crippen LogP contribution < -0.4 is 11.3 Å². The first-order valence-electron chi connectivity index (χ1n) is 7.71. The zero-order chi connectivity index (χ0) is 13.8. The highest BCUT2D eigenvalue weighted by molar-refractivity contribution is 5.12. The fourth-order valence-electron chi connectivity index (χ4n) is 3.46. The van der Waals surface area contributed by atoms with E-state index in [1.165, 1.54) is 30.7 Å². The zero-order valence-corrected chi connectivity index (χ0v) is 12.5. The Labute approximate surface area is 116 Å². The largest absolute Gasteiger partial charge is 0.271 e. The van der Waals surface area contributed by atoms with E-state index in [0.717, 1.165) is 25.3 Å². The van der Waals surface area contributed by atoms with E-state index in [1.807, 2.05) is 0 Å². The summed E-state index contributed by atoms with van der Waals surface area (Å²) in [5, 5.41) is 4.63. The molecular formula is C15H28N4. The Morgan fingerprint density at radius 3 is 2.79 bits per heavy atom. The summed E-state index contributed by atoms with van der Waals surface area (Å²) in [6.07, 6.45) is 5.98. The van der Waals surface area contributed by atoms with Crippen LogP contribution in [0.2, 0.25) is 0 Å². The van der Waals surface area contributed by atoms with Gasteiger partial charge < -0.3 is 0 Å². The van der Waals surface area contributed by atoms with Crippen LogP contribution in [0.3, 0.4) is 0 Å². The number of nitrogens with one attached hydrogen (secondary N) is 1. The first-order chi connectivity index (χ1) is 9.19. The first-order valence-corrected chi connectivity index (χ1v) is 7.71. The summed E-state index contributed by atoms with van der Waals surface area (Å²) >= 11 is 0. The highest BCUT2D eigenvalue weighted by Gasteiger charge is 2.31. The van der Waals surface area contributed by atoms with Gasteiger partial charge in [-0.3, -0.25) is 16.0 Å². The van der Waals surface area contributed by atoms with Gasteiger partial charge in [0.25, 0.3) is 0 Å². The summed E-state index contributed by atoms with van der Waals surface area (Å²) < 4.78 is 2.13. The summed E-state index contributed by atoms with van der Waals surface area (Å²) in [6, 6.07) is 2.62. The van der Waals surface area contributed by atoms with Crippen molar-refractivity contribution in [2.24, 2.45) is 17.7 Å². The molecule has 1 aliphatic carbocycles. The third-order valence-corrected chi connectivity index (χ3v) is 4.66. The fraction of sp³-hybridized carbons (Fsp3) is 0.800. The van der Waals surface area contributed by atoms with E-state index in [2.05, 4.69) is 42.0 Å². The number of aryl methyl sites for hydroxylation is 2. The van der Waals surface area contributed by atoms with Gasteiger partial charge in [0.1, 0.15) is 0 Å². The third kappa shape index (κ3) is 3.18. The van der Waals surface area contributed by atoms with E-state index in [4.69, 9.17) is 5.84 Å². The topological polar surface area (TPSA) is 55.9 Å². The number of nitrogens with zero attached hydrogens (tertiary/aromatic N) is 2. The fourth-order valence-corrected chi connectivity index (χ4v) is 3.46. The van der Waals surface area contributed by atoms with Crippen LogP contribution in [0.25, 0.3) is 0 Å². The zero-order valence-electron chi connectivity index (χ0n) is 12.5. The predicted octanol–water partition coefficient (Wildman–Crippen LogP) is 2.28. The average molecular weight is 264 g/mol. The Balaban J connectivity index is 2.11. The smallest absolute Gasteiger partial charge is 0.0624 e. The molecule has 19 heavy (non-hydrogen) atoms. The lowest BCUT2D eigenvalue weighted by Gasteiger charge is -2.26. The summed E-state index contributed by atoms with van der Waals surface area (Å²) in [4.78, 5) is 0. The monoisotopic (exact) mass is 264 g/mol. The maximum absolute atomic E-state index is 5.81. The first kappa shape index (κ1) is 14.5. The highest BCUT2D eigenvalue weighted by atomic mass is 15.3. The quantitative estimate of drug-likeness (QED) is 0.612. The minimum atomic E-state index is 0.379. The van der Waals surface area contributed by atoms with Gasteiger partial charge in [-0.25, -0.2) is 0 Å². The maximum Gasteiger partial charge on any atom is 0.0624 e. The van der Waals surface area contributed by atoms with Gasteiger partial charge in [0, 0.05) is 24.7 Å².